The zero-order valence-corrected chi connectivity index (χ0v) is 13.3. The molecule has 21 heavy (non-hydrogen) atoms. The Hall–Kier alpha value is -1.26. The van der Waals surface area contributed by atoms with Crippen LogP contribution in [0.25, 0.3) is 0 Å². The van der Waals surface area contributed by atoms with E-state index < -0.39 is 0 Å². The van der Waals surface area contributed by atoms with Crippen molar-refractivity contribution in [1.82, 2.24) is 5.32 Å². The van der Waals surface area contributed by atoms with Gasteiger partial charge in [-0.05, 0) is 38.9 Å². The van der Waals surface area contributed by atoms with E-state index in [0.29, 0.717) is 19.3 Å². The minimum Gasteiger partial charge on any atom is -0.490 e. The first-order valence-electron chi connectivity index (χ1n) is 8.03. The summed E-state index contributed by atoms with van der Waals surface area (Å²) in [5, 5.41) is 3.52. The number of benzene rings is 1. The fourth-order valence-electron chi connectivity index (χ4n) is 2.63. The molecule has 0 heterocycles. The highest BCUT2D eigenvalue weighted by Crippen LogP contribution is 2.34. The first-order chi connectivity index (χ1) is 10.3. The summed E-state index contributed by atoms with van der Waals surface area (Å²) >= 11 is 0. The second kappa shape index (κ2) is 8.25. The van der Waals surface area contributed by atoms with E-state index in [1.54, 1.807) is 0 Å². The van der Waals surface area contributed by atoms with Crippen molar-refractivity contribution in [3.05, 3.63) is 24.3 Å². The Labute approximate surface area is 127 Å². The second-order valence-corrected chi connectivity index (χ2v) is 5.25. The highest BCUT2D eigenvalue weighted by atomic mass is 16.6. The molecule has 0 aliphatic heterocycles. The average Bonchev–Trinajstić information content (AvgIpc) is 2.49. The molecule has 3 unspecified atom stereocenters. The quantitative estimate of drug-likeness (QED) is 0.760. The molecular weight excluding hydrogens is 266 g/mol. The van der Waals surface area contributed by atoms with E-state index in [0.717, 1.165) is 30.9 Å². The standard InChI is InChI=1S/C17H27NO3/c1-4-11-18-13-12-16(17(13)20-6-3)21-15-10-8-7-9-14(15)19-5-2/h7-10,13,16-18H,4-6,11-12H2,1-3H3. The van der Waals surface area contributed by atoms with E-state index in [4.69, 9.17) is 14.2 Å². The minimum atomic E-state index is 0.0981. The van der Waals surface area contributed by atoms with Crippen LogP contribution in [0, 0.1) is 0 Å². The molecule has 0 radical (unpaired) electrons. The molecule has 3 atom stereocenters. The van der Waals surface area contributed by atoms with Crippen LogP contribution in [0.4, 0.5) is 0 Å². The van der Waals surface area contributed by atoms with Gasteiger partial charge in [-0.25, -0.2) is 0 Å². The lowest BCUT2D eigenvalue weighted by molar-refractivity contribution is -0.105. The number of nitrogens with one attached hydrogen (secondary N) is 1. The van der Waals surface area contributed by atoms with Gasteiger partial charge in [-0.3, -0.25) is 0 Å². The highest BCUT2D eigenvalue weighted by Gasteiger charge is 2.43. The summed E-state index contributed by atoms with van der Waals surface area (Å²) in [6.45, 7) is 8.56. The lowest BCUT2D eigenvalue weighted by Crippen LogP contribution is -2.61. The molecule has 1 saturated carbocycles. The Balaban J connectivity index is 1.96. The fraction of sp³-hybridized carbons (Fsp3) is 0.647. The van der Waals surface area contributed by atoms with Gasteiger partial charge in [0.05, 0.1) is 6.61 Å². The summed E-state index contributed by atoms with van der Waals surface area (Å²) in [4.78, 5) is 0. The van der Waals surface area contributed by atoms with Crippen LogP contribution >= 0.6 is 0 Å². The van der Waals surface area contributed by atoms with E-state index in [9.17, 15) is 0 Å². The number of hydrogen-bond donors (Lipinski definition) is 1. The normalized spacial score (nSPS) is 24.4. The summed E-state index contributed by atoms with van der Waals surface area (Å²) in [7, 11) is 0. The molecule has 118 valence electrons. The molecule has 4 nitrogen and oxygen atoms in total. The Morgan fingerprint density at radius 3 is 2.52 bits per heavy atom. The molecule has 2 rings (SSSR count). The predicted molar refractivity (Wildman–Crippen MR) is 84.1 cm³/mol. The number of para-hydroxylation sites is 2. The SMILES string of the molecule is CCCNC1CC(Oc2ccccc2OCC)C1OCC. The lowest BCUT2D eigenvalue weighted by atomic mass is 9.85. The molecular formula is C17H27NO3. The molecule has 4 heteroatoms. The van der Waals surface area contributed by atoms with Crippen LogP contribution in [0.5, 0.6) is 11.5 Å². The molecule has 0 amide bonds. The topological polar surface area (TPSA) is 39.7 Å². The highest BCUT2D eigenvalue weighted by molar-refractivity contribution is 5.39. The third-order valence-electron chi connectivity index (χ3n) is 3.69. The monoisotopic (exact) mass is 293 g/mol. The van der Waals surface area contributed by atoms with E-state index in [2.05, 4.69) is 12.2 Å². The van der Waals surface area contributed by atoms with Gasteiger partial charge >= 0.3 is 0 Å². The zero-order chi connectivity index (χ0) is 15.1. The maximum atomic E-state index is 6.12. The maximum Gasteiger partial charge on any atom is 0.161 e. The van der Waals surface area contributed by atoms with Gasteiger partial charge in [0, 0.05) is 19.1 Å². The van der Waals surface area contributed by atoms with Crippen molar-refractivity contribution in [3.63, 3.8) is 0 Å². The van der Waals surface area contributed by atoms with E-state index in [1.807, 2.05) is 38.1 Å². The molecule has 1 N–H and O–H groups in total. The predicted octanol–water partition coefficient (Wildman–Crippen LogP) is 3.01. The van der Waals surface area contributed by atoms with Crippen LogP contribution in [0.15, 0.2) is 24.3 Å². The molecule has 1 fully saturated rings. The van der Waals surface area contributed by atoms with Crippen molar-refractivity contribution in [2.45, 2.75) is 51.9 Å². The van der Waals surface area contributed by atoms with Gasteiger partial charge < -0.3 is 19.5 Å². The largest absolute Gasteiger partial charge is 0.490 e. The van der Waals surface area contributed by atoms with Crippen LogP contribution in [0.2, 0.25) is 0 Å². The number of rotatable bonds is 9. The third kappa shape index (κ3) is 4.11. The summed E-state index contributed by atoms with van der Waals surface area (Å²) in [5.74, 6) is 1.61. The zero-order valence-electron chi connectivity index (χ0n) is 13.3. The van der Waals surface area contributed by atoms with Gasteiger partial charge in [-0.1, -0.05) is 19.1 Å². The van der Waals surface area contributed by atoms with Gasteiger partial charge in [0.2, 0.25) is 0 Å². The van der Waals surface area contributed by atoms with Gasteiger partial charge in [0.15, 0.2) is 11.5 Å². The summed E-state index contributed by atoms with van der Waals surface area (Å²) in [6.07, 6.45) is 2.33. The van der Waals surface area contributed by atoms with Crippen LogP contribution in [0.1, 0.15) is 33.6 Å². The first kappa shape index (κ1) is 16.1. The van der Waals surface area contributed by atoms with Gasteiger partial charge in [-0.15, -0.1) is 0 Å². The first-order valence-corrected chi connectivity index (χ1v) is 8.03. The summed E-state index contributed by atoms with van der Waals surface area (Å²) in [5.41, 5.74) is 0. The number of ether oxygens (including phenoxy) is 3. The van der Waals surface area contributed by atoms with Crippen LogP contribution in [-0.2, 0) is 4.74 Å². The fourth-order valence-corrected chi connectivity index (χ4v) is 2.63. The summed E-state index contributed by atoms with van der Waals surface area (Å²) in [6, 6.07) is 8.23. The Morgan fingerprint density at radius 2 is 1.86 bits per heavy atom. The van der Waals surface area contributed by atoms with Gasteiger partial charge in [0.1, 0.15) is 12.2 Å². The van der Waals surface area contributed by atoms with Crippen LogP contribution < -0.4 is 14.8 Å². The van der Waals surface area contributed by atoms with Crippen molar-refractivity contribution in [2.75, 3.05) is 19.8 Å². The number of hydrogen-bond acceptors (Lipinski definition) is 4. The van der Waals surface area contributed by atoms with Crippen LogP contribution in [-0.4, -0.2) is 38.0 Å². The Kier molecular flexibility index (Phi) is 6.33. The van der Waals surface area contributed by atoms with Gasteiger partial charge in [0.25, 0.3) is 0 Å². The molecule has 0 spiro atoms. The Morgan fingerprint density at radius 1 is 1.10 bits per heavy atom. The molecule has 1 aliphatic carbocycles. The van der Waals surface area contributed by atoms with Crippen molar-refractivity contribution in [2.24, 2.45) is 0 Å². The molecule has 0 bridgehead atoms. The summed E-state index contributed by atoms with van der Waals surface area (Å²) < 4.78 is 17.6. The Bertz CT molecular complexity index is 424. The lowest BCUT2D eigenvalue weighted by Gasteiger charge is -2.44. The average molecular weight is 293 g/mol. The molecule has 1 aromatic carbocycles. The van der Waals surface area contributed by atoms with E-state index in [1.165, 1.54) is 0 Å². The van der Waals surface area contributed by atoms with E-state index >= 15 is 0 Å². The second-order valence-electron chi connectivity index (χ2n) is 5.25. The third-order valence-corrected chi connectivity index (χ3v) is 3.69. The smallest absolute Gasteiger partial charge is 0.161 e. The maximum absolute atomic E-state index is 6.12. The molecule has 0 saturated heterocycles. The van der Waals surface area contributed by atoms with E-state index in [-0.39, 0.29) is 12.2 Å². The minimum absolute atomic E-state index is 0.0981. The molecule has 1 aliphatic rings. The molecule has 1 aromatic rings. The van der Waals surface area contributed by atoms with Crippen molar-refractivity contribution in [3.8, 4) is 11.5 Å². The van der Waals surface area contributed by atoms with Crippen LogP contribution in [0.3, 0.4) is 0 Å². The molecule has 0 aromatic heterocycles. The van der Waals surface area contributed by atoms with Crippen molar-refractivity contribution in [1.29, 1.82) is 0 Å². The van der Waals surface area contributed by atoms with Gasteiger partial charge in [-0.2, -0.15) is 0 Å². The van der Waals surface area contributed by atoms with Crippen molar-refractivity contribution < 1.29 is 14.2 Å². The van der Waals surface area contributed by atoms with Crippen molar-refractivity contribution >= 4 is 0 Å².